The molecule has 1 saturated heterocycles. The number of carbonyl (C=O) groups excluding carboxylic acids is 1. The molecule has 3 rings (SSSR count). The molecule has 1 fully saturated rings. The SMILES string of the molecule is CC(=O)c1ccc(S(=O)(=O)NCC2CCN(c3ncccn3)CC2)cc1. The highest BCUT2D eigenvalue weighted by atomic mass is 32.2. The van der Waals surface area contributed by atoms with Crippen LogP contribution in [0.2, 0.25) is 0 Å². The van der Waals surface area contributed by atoms with E-state index in [1.165, 1.54) is 31.2 Å². The summed E-state index contributed by atoms with van der Waals surface area (Å²) in [5, 5.41) is 0. The molecular formula is C18H22N4O3S. The number of carbonyl (C=O) groups is 1. The molecule has 0 saturated carbocycles. The molecule has 1 aromatic heterocycles. The zero-order valence-electron chi connectivity index (χ0n) is 14.6. The number of rotatable bonds is 6. The maximum absolute atomic E-state index is 12.4. The van der Waals surface area contributed by atoms with Crippen LogP contribution in [-0.4, -0.2) is 43.8 Å². The number of sulfonamides is 1. The number of aromatic nitrogens is 2. The fraction of sp³-hybridized carbons (Fsp3) is 0.389. The van der Waals surface area contributed by atoms with Gasteiger partial charge in [0, 0.05) is 37.6 Å². The Morgan fingerprint density at radius 2 is 1.77 bits per heavy atom. The fourth-order valence-electron chi connectivity index (χ4n) is 2.97. The molecule has 1 aliphatic rings. The van der Waals surface area contributed by atoms with Gasteiger partial charge in [0.25, 0.3) is 0 Å². The van der Waals surface area contributed by atoms with Crippen molar-refractivity contribution in [2.75, 3.05) is 24.5 Å². The highest BCUT2D eigenvalue weighted by molar-refractivity contribution is 7.89. The third kappa shape index (κ3) is 4.44. The predicted octanol–water partition coefficient (Wildman–Crippen LogP) is 1.87. The number of benzene rings is 1. The molecule has 26 heavy (non-hydrogen) atoms. The van der Waals surface area contributed by atoms with Crippen molar-refractivity contribution in [2.24, 2.45) is 5.92 Å². The van der Waals surface area contributed by atoms with E-state index >= 15 is 0 Å². The molecule has 7 nitrogen and oxygen atoms in total. The lowest BCUT2D eigenvalue weighted by atomic mass is 9.97. The van der Waals surface area contributed by atoms with Gasteiger partial charge in [-0.2, -0.15) is 0 Å². The molecule has 0 bridgehead atoms. The van der Waals surface area contributed by atoms with Crippen molar-refractivity contribution in [3.8, 4) is 0 Å². The maximum atomic E-state index is 12.4. The molecular weight excluding hydrogens is 352 g/mol. The van der Waals surface area contributed by atoms with E-state index in [-0.39, 0.29) is 16.6 Å². The summed E-state index contributed by atoms with van der Waals surface area (Å²) in [6.45, 7) is 3.47. The van der Waals surface area contributed by atoms with Crippen LogP contribution < -0.4 is 9.62 Å². The molecule has 0 unspecified atom stereocenters. The van der Waals surface area contributed by atoms with Gasteiger partial charge in [-0.15, -0.1) is 0 Å². The second-order valence-electron chi connectivity index (χ2n) is 6.41. The van der Waals surface area contributed by atoms with E-state index in [9.17, 15) is 13.2 Å². The van der Waals surface area contributed by atoms with Gasteiger partial charge < -0.3 is 4.90 Å². The summed E-state index contributed by atoms with van der Waals surface area (Å²) in [7, 11) is -3.57. The smallest absolute Gasteiger partial charge is 0.240 e. The largest absolute Gasteiger partial charge is 0.341 e. The minimum Gasteiger partial charge on any atom is -0.341 e. The Bertz CT molecular complexity index is 846. The normalized spacial score (nSPS) is 15.8. The summed E-state index contributed by atoms with van der Waals surface area (Å²) in [5.74, 6) is 0.911. The Morgan fingerprint density at radius 3 is 2.35 bits per heavy atom. The lowest BCUT2D eigenvalue weighted by molar-refractivity contribution is 0.101. The molecule has 2 heterocycles. The first kappa shape index (κ1) is 18.5. The minimum absolute atomic E-state index is 0.0870. The van der Waals surface area contributed by atoms with Crippen molar-refractivity contribution in [3.63, 3.8) is 0 Å². The van der Waals surface area contributed by atoms with E-state index in [1.807, 2.05) is 0 Å². The van der Waals surface area contributed by atoms with Crippen molar-refractivity contribution in [3.05, 3.63) is 48.3 Å². The van der Waals surface area contributed by atoms with Crippen LogP contribution in [0.3, 0.4) is 0 Å². The molecule has 138 valence electrons. The van der Waals surface area contributed by atoms with E-state index in [4.69, 9.17) is 0 Å². The summed E-state index contributed by atoms with van der Waals surface area (Å²) in [6, 6.07) is 7.79. The fourth-order valence-corrected chi connectivity index (χ4v) is 4.09. The quantitative estimate of drug-likeness (QED) is 0.776. The third-order valence-corrected chi connectivity index (χ3v) is 6.02. The van der Waals surface area contributed by atoms with Crippen LogP contribution in [0, 0.1) is 5.92 Å². The number of Topliss-reactive ketones (excluding diaryl/α,β-unsaturated/α-hetero) is 1. The molecule has 0 radical (unpaired) electrons. The molecule has 8 heteroatoms. The summed E-state index contributed by atoms with van der Waals surface area (Å²) < 4.78 is 27.5. The van der Waals surface area contributed by atoms with Gasteiger partial charge in [-0.1, -0.05) is 12.1 Å². The second kappa shape index (κ2) is 7.92. The van der Waals surface area contributed by atoms with Crippen molar-refractivity contribution in [1.82, 2.24) is 14.7 Å². The number of nitrogens with one attached hydrogen (secondary N) is 1. The van der Waals surface area contributed by atoms with Gasteiger partial charge in [-0.25, -0.2) is 23.1 Å². The topological polar surface area (TPSA) is 92.3 Å². The summed E-state index contributed by atoms with van der Waals surface area (Å²) in [6.07, 6.45) is 5.20. The summed E-state index contributed by atoms with van der Waals surface area (Å²) in [5.41, 5.74) is 0.499. The number of hydrogen-bond acceptors (Lipinski definition) is 6. The Balaban J connectivity index is 1.53. The molecule has 0 amide bonds. The van der Waals surface area contributed by atoms with Crippen molar-refractivity contribution in [1.29, 1.82) is 0 Å². The summed E-state index contributed by atoms with van der Waals surface area (Å²) in [4.78, 5) is 22.1. The molecule has 1 aromatic carbocycles. The van der Waals surface area contributed by atoms with Crippen LogP contribution in [0.4, 0.5) is 5.95 Å². The number of nitrogens with zero attached hydrogens (tertiary/aromatic N) is 3. The number of piperidine rings is 1. The predicted molar refractivity (Wildman–Crippen MR) is 98.6 cm³/mol. The van der Waals surface area contributed by atoms with Gasteiger partial charge in [0.1, 0.15) is 0 Å². The van der Waals surface area contributed by atoms with Crippen molar-refractivity contribution < 1.29 is 13.2 Å². The average Bonchev–Trinajstić information content (AvgIpc) is 2.67. The Hall–Kier alpha value is -2.32. The molecule has 1 N–H and O–H groups in total. The summed E-state index contributed by atoms with van der Waals surface area (Å²) >= 11 is 0. The van der Waals surface area contributed by atoms with Crippen LogP contribution in [0.15, 0.2) is 47.6 Å². The Kier molecular flexibility index (Phi) is 5.63. The van der Waals surface area contributed by atoms with Gasteiger partial charge in [-0.05, 0) is 43.9 Å². The van der Waals surface area contributed by atoms with Crippen LogP contribution >= 0.6 is 0 Å². The van der Waals surface area contributed by atoms with E-state index in [0.29, 0.717) is 12.1 Å². The van der Waals surface area contributed by atoms with Crippen LogP contribution in [-0.2, 0) is 10.0 Å². The minimum atomic E-state index is -3.57. The molecule has 2 aromatic rings. The molecule has 0 spiro atoms. The maximum Gasteiger partial charge on any atom is 0.240 e. The zero-order valence-corrected chi connectivity index (χ0v) is 15.4. The van der Waals surface area contributed by atoms with Crippen molar-refractivity contribution >= 4 is 21.8 Å². The standard InChI is InChI=1S/C18H22N4O3S/c1-14(23)16-3-5-17(6-4-16)26(24,25)21-13-15-7-11-22(12-8-15)18-19-9-2-10-20-18/h2-6,9-10,15,21H,7-8,11-13H2,1H3. The van der Waals surface area contributed by atoms with Gasteiger partial charge in [0.15, 0.2) is 5.78 Å². The Morgan fingerprint density at radius 1 is 1.15 bits per heavy atom. The average molecular weight is 374 g/mol. The molecule has 0 atom stereocenters. The van der Waals surface area contributed by atoms with Gasteiger partial charge in [0.05, 0.1) is 4.90 Å². The molecule has 0 aliphatic carbocycles. The van der Waals surface area contributed by atoms with Crippen molar-refractivity contribution in [2.45, 2.75) is 24.7 Å². The number of hydrogen-bond donors (Lipinski definition) is 1. The van der Waals surface area contributed by atoms with Gasteiger partial charge in [-0.3, -0.25) is 4.79 Å². The van der Waals surface area contributed by atoms with E-state index in [0.717, 1.165) is 31.9 Å². The number of anilines is 1. The van der Waals surface area contributed by atoms with Crippen LogP contribution in [0.1, 0.15) is 30.1 Å². The van der Waals surface area contributed by atoms with Crippen LogP contribution in [0.5, 0.6) is 0 Å². The lowest BCUT2D eigenvalue weighted by Crippen LogP contribution is -2.39. The number of ketones is 1. The highest BCUT2D eigenvalue weighted by Crippen LogP contribution is 2.20. The van der Waals surface area contributed by atoms with Gasteiger partial charge in [0.2, 0.25) is 16.0 Å². The highest BCUT2D eigenvalue weighted by Gasteiger charge is 2.23. The first-order chi connectivity index (χ1) is 12.5. The van der Waals surface area contributed by atoms with Gasteiger partial charge >= 0.3 is 0 Å². The lowest BCUT2D eigenvalue weighted by Gasteiger charge is -2.31. The van der Waals surface area contributed by atoms with Crippen LogP contribution in [0.25, 0.3) is 0 Å². The Labute approximate surface area is 153 Å². The second-order valence-corrected chi connectivity index (χ2v) is 8.18. The molecule has 1 aliphatic heterocycles. The van der Waals surface area contributed by atoms with E-state index < -0.39 is 10.0 Å². The van der Waals surface area contributed by atoms with E-state index in [2.05, 4.69) is 19.6 Å². The zero-order chi connectivity index (χ0) is 18.6. The first-order valence-corrected chi connectivity index (χ1v) is 10.1. The monoisotopic (exact) mass is 374 g/mol. The first-order valence-electron chi connectivity index (χ1n) is 8.58. The van der Waals surface area contributed by atoms with E-state index in [1.54, 1.807) is 18.5 Å². The third-order valence-electron chi connectivity index (χ3n) is 4.58.